The molecule has 5 heteroatoms. The molecule has 2 aliphatic heterocycles. The number of aromatic nitrogens is 3. The Morgan fingerprint density at radius 2 is 1.79 bits per heavy atom. The van der Waals surface area contributed by atoms with Crippen LogP contribution < -0.4 is 0 Å². The third-order valence-electron chi connectivity index (χ3n) is 5.16. The summed E-state index contributed by atoms with van der Waals surface area (Å²) in [6, 6.07) is 6.56. The Morgan fingerprint density at radius 3 is 2.54 bits per heavy atom. The number of piperidine rings is 1. The fourth-order valence-corrected chi connectivity index (χ4v) is 3.86. The molecule has 0 aliphatic carbocycles. The van der Waals surface area contributed by atoms with Crippen LogP contribution in [-0.2, 0) is 6.54 Å². The SMILES string of the molecule is c1ccc(-c2ncc(CN3CC[C@H](N4CCCCC4)C3)cn2)nc1. The van der Waals surface area contributed by atoms with Gasteiger partial charge in [-0.25, -0.2) is 9.97 Å². The number of hydrogen-bond donors (Lipinski definition) is 0. The van der Waals surface area contributed by atoms with Crippen molar-refractivity contribution >= 4 is 0 Å². The quantitative estimate of drug-likeness (QED) is 0.865. The van der Waals surface area contributed by atoms with Gasteiger partial charge in [0.2, 0.25) is 0 Å². The average molecular weight is 323 g/mol. The molecule has 0 aromatic carbocycles. The molecule has 1 atom stereocenters. The minimum absolute atomic E-state index is 0.701. The Bertz CT molecular complexity index is 637. The second-order valence-corrected chi connectivity index (χ2v) is 6.90. The van der Waals surface area contributed by atoms with Crippen LogP contribution in [0.15, 0.2) is 36.8 Å². The predicted octanol–water partition coefficient (Wildman–Crippen LogP) is 2.60. The zero-order valence-electron chi connectivity index (χ0n) is 14.1. The lowest BCUT2D eigenvalue weighted by molar-refractivity contribution is 0.161. The van der Waals surface area contributed by atoms with Crippen LogP contribution in [0, 0.1) is 0 Å². The molecule has 2 aliphatic rings. The van der Waals surface area contributed by atoms with Crippen LogP contribution in [0.1, 0.15) is 31.2 Å². The average Bonchev–Trinajstić information content (AvgIpc) is 3.12. The Balaban J connectivity index is 1.34. The van der Waals surface area contributed by atoms with Gasteiger partial charge < -0.3 is 0 Å². The van der Waals surface area contributed by atoms with Crippen LogP contribution in [0.5, 0.6) is 0 Å². The van der Waals surface area contributed by atoms with Crippen LogP contribution in [0.3, 0.4) is 0 Å². The van der Waals surface area contributed by atoms with Crippen molar-refractivity contribution in [3.05, 3.63) is 42.4 Å². The van der Waals surface area contributed by atoms with E-state index in [2.05, 4.69) is 24.8 Å². The number of nitrogens with zero attached hydrogens (tertiary/aromatic N) is 5. The van der Waals surface area contributed by atoms with Gasteiger partial charge >= 0.3 is 0 Å². The van der Waals surface area contributed by atoms with E-state index in [0.29, 0.717) is 5.82 Å². The number of rotatable bonds is 4. The van der Waals surface area contributed by atoms with E-state index in [9.17, 15) is 0 Å². The molecule has 2 saturated heterocycles. The molecule has 0 bridgehead atoms. The van der Waals surface area contributed by atoms with Gasteiger partial charge in [-0.3, -0.25) is 14.8 Å². The van der Waals surface area contributed by atoms with Crippen molar-refractivity contribution < 1.29 is 0 Å². The van der Waals surface area contributed by atoms with Crippen molar-refractivity contribution in [1.82, 2.24) is 24.8 Å². The third kappa shape index (κ3) is 3.62. The van der Waals surface area contributed by atoms with Crippen molar-refractivity contribution in [3.63, 3.8) is 0 Å². The van der Waals surface area contributed by atoms with Gasteiger partial charge in [-0.05, 0) is 44.5 Å². The van der Waals surface area contributed by atoms with Gasteiger partial charge in [0.15, 0.2) is 5.82 Å². The molecule has 24 heavy (non-hydrogen) atoms. The molecule has 0 spiro atoms. The Hall–Kier alpha value is -1.85. The van der Waals surface area contributed by atoms with Gasteiger partial charge in [0.1, 0.15) is 5.69 Å². The van der Waals surface area contributed by atoms with Crippen LogP contribution in [0.25, 0.3) is 11.5 Å². The summed E-state index contributed by atoms with van der Waals surface area (Å²) in [6.07, 6.45) is 11.1. The van der Waals surface area contributed by atoms with Crippen LogP contribution in [-0.4, -0.2) is 57.0 Å². The molecule has 2 aromatic heterocycles. The van der Waals surface area contributed by atoms with Gasteiger partial charge in [0.25, 0.3) is 0 Å². The molecule has 2 fully saturated rings. The van der Waals surface area contributed by atoms with Gasteiger partial charge in [-0.2, -0.15) is 0 Å². The first-order chi connectivity index (χ1) is 11.9. The van der Waals surface area contributed by atoms with Gasteiger partial charge in [-0.15, -0.1) is 0 Å². The standard InChI is InChI=1S/C19H25N5/c1-4-9-24(10-5-1)17-7-11-23(15-17)14-16-12-21-19(22-13-16)18-6-2-3-8-20-18/h2-3,6,8,12-13,17H,1,4-5,7,9-11,14-15H2/t17-/m0/s1. The van der Waals surface area contributed by atoms with Crippen molar-refractivity contribution in [3.8, 4) is 11.5 Å². The van der Waals surface area contributed by atoms with E-state index in [4.69, 9.17) is 0 Å². The molecule has 4 heterocycles. The minimum Gasteiger partial charge on any atom is -0.299 e. The topological polar surface area (TPSA) is 45.2 Å². The Labute approximate surface area is 143 Å². The normalized spacial score (nSPS) is 22.8. The molecule has 0 radical (unpaired) electrons. The highest BCUT2D eigenvalue weighted by Gasteiger charge is 2.28. The summed E-state index contributed by atoms with van der Waals surface area (Å²) >= 11 is 0. The minimum atomic E-state index is 0.701. The molecule has 0 amide bonds. The predicted molar refractivity (Wildman–Crippen MR) is 94.4 cm³/mol. The number of likely N-dealkylation sites (tertiary alicyclic amines) is 2. The monoisotopic (exact) mass is 323 g/mol. The van der Waals surface area contributed by atoms with E-state index in [1.165, 1.54) is 57.4 Å². The van der Waals surface area contributed by atoms with Gasteiger partial charge in [-0.1, -0.05) is 12.5 Å². The second-order valence-electron chi connectivity index (χ2n) is 6.90. The van der Waals surface area contributed by atoms with E-state index in [1.807, 2.05) is 30.6 Å². The van der Waals surface area contributed by atoms with E-state index in [0.717, 1.165) is 18.3 Å². The van der Waals surface area contributed by atoms with Crippen molar-refractivity contribution in [2.24, 2.45) is 0 Å². The Morgan fingerprint density at radius 1 is 0.958 bits per heavy atom. The van der Waals surface area contributed by atoms with Crippen molar-refractivity contribution in [2.45, 2.75) is 38.3 Å². The molecule has 0 N–H and O–H groups in total. The molecular weight excluding hydrogens is 298 g/mol. The van der Waals surface area contributed by atoms with Crippen molar-refractivity contribution in [1.29, 1.82) is 0 Å². The van der Waals surface area contributed by atoms with E-state index >= 15 is 0 Å². The molecular formula is C19H25N5. The Kier molecular flexibility index (Phi) is 4.81. The molecule has 126 valence electrons. The number of pyridine rings is 1. The highest BCUT2D eigenvalue weighted by molar-refractivity contribution is 5.47. The highest BCUT2D eigenvalue weighted by Crippen LogP contribution is 2.21. The van der Waals surface area contributed by atoms with Crippen molar-refractivity contribution in [2.75, 3.05) is 26.2 Å². The molecule has 2 aromatic rings. The first kappa shape index (κ1) is 15.7. The maximum absolute atomic E-state index is 4.49. The summed E-state index contributed by atoms with van der Waals surface area (Å²) in [5, 5.41) is 0. The van der Waals surface area contributed by atoms with E-state index < -0.39 is 0 Å². The lowest BCUT2D eigenvalue weighted by Gasteiger charge is -2.32. The summed E-state index contributed by atoms with van der Waals surface area (Å²) in [6.45, 7) is 5.90. The van der Waals surface area contributed by atoms with Crippen LogP contribution in [0.2, 0.25) is 0 Å². The molecule has 0 saturated carbocycles. The zero-order valence-corrected chi connectivity index (χ0v) is 14.1. The number of hydrogen-bond acceptors (Lipinski definition) is 5. The fraction of sp³-hybridized carbons (Fsp3) is 0.526. The first-order valence-electron chi connectivity index (χ1n) is 9.07. The summed E-state index contributed by atoms with van der Waals surface area (Å²) < 4.78 is 0. The highest BCUT2D eigenvalue weighted by atomic mass is 15.3. The zero-order chi connectivity index (χ0) is 16.2. The molecule has 4 rings (SSSR count). The van der Waals surface area contributed by atoms with Crippen LogP contribution in [0.4, 0.5) is 0 Å². The lowest BCUT2D eigenvalue weighted by Crippen LogP contribution is -2.40. The van der Waals surface area contributed by atoms with E-state index in [-0.39, 0.29) is 0 Å². The third-order valence-corrected chi connectivity index (χ3v) is 5.16. The van der Waals surface area contributed by atoms with Crippen LogP contribution >= 0.6 is 0 Å². The molecule has 0 unspecified atom stereocenters. The van der Waals surface area contributed by atoms with Gasteiger partial charge in [0, 0.05) is 49.8 Å². The summed E-state index contributed by atoms with van der Waals surface area (Å²) in [7, 11) is 0. The maximum atomic E-state index is 4.49. The largest absolute Gasteiger partial charge is 0.299 e. The van der Waals surface area contributed by atoms with E-state index in [1.54, 1.807) is 6.20 Å². The summed E-state index contributed by atoms with van der Waals surface area (Å²) in [5.41, 5.74) is 2.02. The lowest BCUT2D eigenvalue weighted by atomic mass is 10.1. The first-order valence-corrected chi connectivity index (χ1v) is 9.07. The fourth-order valence-electron chi connectivity index (χ4n) is 3.86. The molecule has 5 nitrogen and oxygen atoms in total. The smallest absolute Gasteiger partial charge is 0.178 e. The second kappa shape index (κ2) is 7.36. The summed E-state index contributed by atoms with van der Waals surface area (Å²) in [4.78, 5) is 18.5. The maximum Gasteiger partial charge on any atom is 0.178 e. The summed E-state index contributed by atoms with van der Waals surface area (Å²) in [5.74, 6) is 0.701. The van der Waals surface area contributed by atoms with Gasteiger partial charge in [0.05, 0.1) is 0 Å².